The summed E-state index contributed by atoms with van der Waals surface area (Å²) < 4.78 is 0. The first-order chi connectivity index (χ1) is 10.4. The van der Waals surface area contributed by atoms with E-state index >= 15 is 0 Å². The maximum absolute atomic E-state index is 12.0. The highest BCUT2D eigenvalue weighted by Gasteiger charge is 2.58. The number of hydrogen-bond donors (Lipinski definition) is 1. The van der Waals surface area contributed by atoms with Gasteiger partial charge in [-0.25, -0.2) is 0 Å². The number of Topliss-reactive ketones (excluding diaryl/α,β-unsaturated/α-hetero) is 1. The van der Waals surface area contributed by atoms with E-state index in [2.05, 4.69) is 13.8 Å². The van der Waals surface area contributed by atoms with Crippen molar-refractivity contribution < 1.29 is 9.90 Å². The Balaban J connectivity index is 1.67. The van der Waals surface area contributed by atoms with Crippen LogP contribution in [0.25, 0.3) is 0 Å². The highest BCUT2D eigenvalue weighted by atomic mass is 16.3. The van der Waals surface area contributed by atoms with Crippen LogP contribution in [-0.2, 0) is 4.79 Å². The zero-order valence-electron chi connectivity index (χ0n) is 14.3. The lowest BCUT2D eigenvalue weighted by Gasteiger charge is -2.55. The van der Waals surface area contributed by atoms with E-state index in [0.29, 0.717) is 17.1 Å². The first-order valence-corrected chi connectivity index (χ1v) is 9.65. The molecule has 4 aliphatic rings. The summed E-state index contributed by atoms with van der Waals surface area (Å²) in [6.45, 7) is 4.88. The monoisotopic (exact) mass is 304 g/mol. The van der Waals surface area contributed by atoms with Crippen LogP contribution in [0.4, 0.5) is 0 Å². The summed E-state index contributed by atoms with van der Waals surface area (Å²) in [6, 6.07) is 0. The topological polar surface area (TPSA) is 37.3 Å². The maximum atomic E-state index is 12.0. The van der Waals surface area contributed by atoms with Crippen molar-refractivity contribution in [3.05, 3.63) is 0 Å². The summed E-state index contributed by atoms with van der Waals surface area (Å²) in [5.74, 6) is 3.49. The van der Waals surface area contributed by atoms with Crippen LogP contribution in [0.3, 0.4) is 0 Å². The van der Waals surface area contributed by atoms with E-state index in [1.165, 1.54) is 38.5 Å². The third-order valence-electron chi connectivity index (χ3n) is 8.67. The van der Waals surface area contributed by atoms with E-state index in [-0.39, 0.29) is 11.5 Å². The smallest absolute Gasteiger partial charge is 0.133 e. The lowest BCUT2D eigenvalue weighted by molar-refractivity contribution is -0.130. The summed E-state index contributed by atoms with van der Waals surface area (Å²) in [4.78, 5) is 12.0. The molecule has 2 nitrogen and oxygen atoms in total. The molecule has 4 fully saturated rings. The van der Waals surface area contributed by atoms with Crippen molar-refractivity contribution in [2.45, 2.75) is 84.2 Å². The SMILES string of the molecule is C[C@]12CCC(=O)C[C@H]1CCC[C@H]1[C@H]3CC[C@H](O)[C@]3(C)CC[C@@H]12. The molecule has 124 valence electrons. The van der Waals surface area contributed by atoms with Crippen molar-refractivity contribution in [3.8, 4) is 0 Å². The van der Waals surface area contributed by atoms with E-state index in [9.17, 15) is 9.90 Å². The highest BCUT2D eigenvalue weighted by molar-refractivity contribution is 5.79. The van der Waals surface area contributed by atoms with E-state index in [4.69, 9.17) is 0 Å². The number of aliphatic hydroxyl groups excluding tert-OH is 1. The lowest BCUT2D eigenvalue weighted by atomic mass is 9.50. The Hall–Kier alpha value is -0.370. The molecule has 4 rings (SSSR count). The Morgan fingerprint density at radius 3 is 2.55 bits per heavy atom. The normalized spacial score (nSPS) is 55.0. The van der Waals surface area contributed by atoms with E-state index in [1.54, 1.807) is 0 Å². The second kappa shape index (κ2) is 5.06. The summed E-state index contributed by atoms with van der Waals surface area (Å²) in [7, 11) is 0. The van der Waals surface area contributed by atoms with Gasteiger partial charge in [-0.3, -0.25) is 4.79 Å². The van der Waals surface area contributed by atoms with Crippen LogP contribution < -0.4 is 0 Å². The standard InChI is InChI=1S/C20H32O2/c1-19-10-8-14(21)12-13(19)4-3-5-15-16-6-7-18(22)20(16,2)11-9-17(15)19/h13,15-18,22H,3-12H2,1-2H3/t13-,15+,16-,17+,18+,19+,20-/m1/s1. The van der Waals surface area contributed by atoms with Crippen LogP contribution in [-0.4, -0.2) is 17.0 Å². The van der Waals surface area contributed by atoms with Gasteiger partial charge in [0.25, 0.3) is 0 Å². The predicted octanol–water partition coefficient (Wildman–Crippen LogP) is 4.35. The lowest BCUT2D eigenvalue weighted by Crippen LogP contribution is -2.50. The van der Waals surface area contributed by atoms with Crippen LogP contribution in [0.1, 0.15) is 78.1 Å². The van der Waals surface area contributed by atoms with E-state index in [1.807, 2.05) is 0 Å². The first-order valence-electron chi connectivity index (χ1n) is 9.65. The van der Waals surface area contributed by atoms with Crippen LogP contribution in [0, 0.1) is 34.5 Å². The van der Waals surface area contributed by atoms with Crippen LogP contribution in [0.5, 0.6) is 0 Å². The fourth-order valence-electron chi connectivity index (χ4n) is 7.22. The molecule has 1 N–H and O–H groups in total. The first kappa shape index (κ1) is 15.2. The third kappa shape index (κ3) is 1.98. The van der Waals surface area contributed by atoms with Crippen molar-refractivity contribution in [1.29, 1.82) is 0 Å². The van der Waals surface area contributed by atoms with Gasteiger partial charge in [0.15, 0.2) is 0 Å². The Bertz CT molecular complexity index is 472. The molecule has 0 unspecified atom stereocenters. The molecule has 0 aliphatic heterocycles. The Morgan fingerprint density at radius 1 is 0.955 bits per heavy atom. The minimum absolute atomic E-state index is 0.0711. The molecule has 0 radical (unpaired) electrons. The molecule has 4 saturated carbocycles. The van der Waals surface area contributed by atoms with Gasteiger partial charge in [0.2, 0.25) is 0 Å². The summed E-state index contributed by atoms with van der Waals surface area (Å²) in [5.41, 5.74) is 0.575. The Labute approximate surface area is 135 Å². The fraction of sp³-hybridized carbons (Fsp3) is 0.950. The predicted molar refractivity (Wildman–Crippen MR) is 87.4 cm³/mol. The molecule has 4 aliphatic carbocycles. The second-order valence-electron chi connectivity index (χ2n) is 9.39. The molecule has 22 heavy (non-hydrogen) atoms. The third-order valence-corrected chi connectivity index (χ3v) is 8.67. The summed E-state index contributed by atoms with van der Waals surface area (Å²) in [5, 5.41) is 10.5. The Morgan fingerprint density at radius 2 is 1.73 bits per heavy atom. The number of aliphatic hydroxyl groups is 1. The molecule has 0 aromatic carbocycles. The quantitative estimate of drug-likeness (QED) is 0.722. The molecule has 7 atom stereocenters. The molecule has 2 heteroatoms. The molecular formula is C20H32O2. The number of carbonyl (C=O) groups excluding carboxylic acids is 1. The maximum Gasteiger partial charge on any atom is 0.133 e. The molecule has 0 heterocycles. The number of fused-ring (bicyclic) bond motifs is 5. The summed E-state index contributed by atoms with van der Waals surface area (Å²) >= 11 is 0. The van der Waals surface area contributed by atoms with Crippen molar-refractivity contribution in [3.63, 3.8) is 0 Å². The van der Waals surface area contributed by atoms with Gasteiger partial charge >= 0.3 is 0 Å². The van der Waals surface area contributed by atoms with Crippen molar-refractivity contribution >= 4 is 5.78 Å². The van der Waals surface area contributed by atoms with Gasteiger partial charge in [-0.2, -0.15) is 0 Å². The molecule has 0 amide bonds. The van der Waals surface area contributed by atoms with Gasteiger partial charge in [0.05, 0.1) is 6.10 Å². The zero-order valence-corrected chi connectivity index (χ0v) is 14.3. The number of hydrogen-bond acceptors (Lipinski definition) is 2. The fourth-order valence-corrected chi connectivity index (χ4v) is 7.22. The van der Waals surface area contributed by atoms with Gasteiger partial charge in [0, 0.05) is 12.8 Å². The average molecular weight is 304 g/mol. The van der Waals surface area contributed by atoms with Crippen molar-refractivity contribution in [2.24, 2.45) is 34.5 Å². The number of carbonyl (C=O) groups is 1. The second-order valence-corrected chi connectivity index (χ2v) is 9.39. The molecule has 0 aromatic rings. The number of rotatable bonds is 0. The molecule has 0 bridgehead atoms. The van der Waals surface area contributed by atoms with Gasteiger partial charge in [-0.15, -0.1) is 0 Å². The van der Waals surface area contributed by atoms with Crippen LogP contribution in [0.2, 0.25) is 0 Å². The van der Waals surface area contributed by atoms with E-state index < -0.39 is 0 Å². The van der Waals surface area contributed by atoms with E-state index in [0.717, 1.165) is 43.4 Å². The molecule has 0 spiro atoms. The Kier molecular flexibility index (Phi) is 3.49. The molecular weight excluding hydrogens is 272 g/mol. The van der Waals surface area contributed by atoms with Gasteiger partial charge in [0.1, 0.15) is 5.78 Å². The summed E-state index contributed by atoms with van der Waals surface area (Å²) in [6.07, 6.45) is 11.4. The minimum atomic E-state index is -0.0711. The zero-order chi connectivity index (χ0) is 15.5. The van der Waals surface area contributed by atoms with Gasteiger partial charge in [-0.1, -0.05) is 20.3 Å². The minimum Gasteiger partial charge on any atom is -0.393 e. The van der Waals surface area contributed by atoms with Gasteiger partial charge < -0.3 is 5.11 Å². The highest BCUT2D eigenvalue weighted by Crippen LogP contribution is 2.64. The van der Waals surface area contributed by atoms with Gasteiger partial charge in [-0.05, 0) is 79.4 Å². The van der Waals surface area contributed by atoms with Crippen molar-refractivity contribution in [1.82, 2.24) is 0 Å². The average Bonchev–Trinajstić information content (AvgIpc) is 2.70. The molecule has 0 aromatic heterocycles. The van der Waals surface area contributed by atoms with Crippen LogP contribution in [0.15, 0.2) is 0 Å². The van der Waals surface area contributed by atoms with Crippen LogP contribution >= 0.6 is 0 Å². The van der Waals surface area contributed by atoms with Crippen molar-refractivity contribution in [2.75, 3.05) is 0 Å². The number of ketones is 1. The largest absolute Gasteiger partial charge is 0.393 e. The molecule has 0 saturated heterocycles.